The van der Waals surface area contributed by atoms with Crippen LogP contribution in [-0.4, -0.2) is 32.5 Å². The molecule has 2 aromatic rings. The highest BCUT2D eigenvalue weighted by molar-refractivity contribution is 7.90. The quantitative estimate of drug-likeness (QED) is 0.923. The SMILES string of the molecule is Cc1cc(Cl)ccc1N(CCO)C1=NS(=O)(=O)c2ccccc21. The molecule has 2 aromatic carbocycles. The van der Waals surface area contributed by atoms with E-state index in [4.69, 9.17) is 11.6 Å². The van der Waals surface area contributed by atoms with Crippen LogP contribution < -0.4 is 4.90 Å². The van der Waals surface area contributed by atoms with Crippen molar-refractivity contribution in [2.75, 3.05) is 18.1 Å². The van der Waals surface area contributed by atoms with E-state index in [1.165, 1.54) is 6.07 Å². The van der Waals surface area contributed by atoms with Crippen LogP contribution in [0.3, 0.4) is 0 Å². The first kappa shape index (κ1) is 16.0. The molecule has 5 nitrogen and oxygen atoms in total. The number of hydrogen-bond acceptors (Lipinski definition) is 4. The molecule has 1 aliphatic rings. The van der Waals surface area contributed by atoms with E-state index in [1.54, 1.807) is 41.3 Å². The molecular weight excluding hydrogens is 336 g/mol. The normalized spacial score (nSPS) is 15.2. The summed E-state index contributed by atoms with van der Waals surface area (Å²) in [6, 6.07) is 12.0. The minimum absolute atomic E-state index is 0.136. The Bertz CT molecular complexity index is 894. The van der Waals surface area contributed by atoms with Gasteiger partial charge in [0.05, 0.1) is 6.61 Å². The fourth-order valence-corrected chi connectivity index (χ4v) is 4.08. The summed E-state index contributed by atoms with van der Waals surface area (Å²) in [5.41, 5.74) is 2.17. The van der Waals surface area contributed by atoms with Gasteiger partial charge in [0, 0.05) is 22.8 Å². The van der Waals surface area contributed by atoms with Gasteiger partial charge in [-0.2, -0.15) is 8.42 Å². The minimum atomic E-state index is -3.71. The second kappa shape index (κ2) is 5.96. The smallest absolute Gasteiger partial charge is 0.285 e. The molecule has 0 unspecified atom stereocenters. The Labute approximate surface area is 139 Å². The van der Waals surface area contributed by atoms with Gasteiger partial charge in [-0.25, -0.2) is 0 Å². The molecule has 1 aliphatic heterocycles. The zero-order valence-electron chi connectivity index (χ0n) is 12.4. The fraction of sp³-hybridized carbons (Fsp3) is 0.188. The van der Waals surface area contributed by atoms with Gasteiger partial charge in [-0.1, -0.05) is 23.7 Å². The van der Waals surface area contributed by atoms with Gasteiger partial charge in [0.1, 0.15) is 4.90 Å². The molecule has 1 heterocycles. The molecule has 0 aromatic heterocycles. The first-order valence-electron chi connectivity index (χ1n) is 7.03. The van der Waals surface area contributed by atoms with E-state index < -0.39 is 10.0 Å². The second-order valence-electron chi connectivity index (χ2n) is 5.19. The number of amidine groups is 1. The number of aliphatic hydroxyl groups excluding tert-OH is 1. The van der Waals surface area contributed by atoms with Crippen molar-refractivity contribution in [2.45, 2.75) is 11.8 Å². The molecule has 0 saturated carbocycles. The molecule has 0 bridgehead atoms. The average Bonchev–Trinajstić information content (AvgIpc) is 2.78. The average molecular weight is 351 g/mol. The molecule has 0 saturated heterocycles. The Morgan fingerprint density at radius 2 is 1.96 bits per heavy atom. The number of nitrogens with zero attached hydrogens (tertiary/aromatic N) is 2. The molecule has 0 aliphatic carbocycles. The zero-order valence-corrected chi connectivity index (χ0v) is 14.0. The largest absolute Gasteiger partial charge is 0.395 e. The summed E-state index contributed by atoms with van der Waals surface area (Å²) in [6.07, 6.45) is 0. The Balaban J connectivity index is 2.17. The zero-order chi connectivity index (χ0) is 16.6. The third-order valence-electron chi connectivity index (χ3n) is 3.64. The monoisotopic (exact) mass is 350 g/mol. The van der Waals surface area contributed by atoms with Gasteiger partial charge >= 0.3 is 0 Å². The van der Waals surface area contributed by atoms with Crippen molar-refractivity contribution >= 4 is 33.1 Å². The maximum atomic E-state index is 12.2. The summed E-state index contributed by atoms with van der Waals surface area (Å²) in [5, 5.41) is 10.0. The summed E-state index contributed by atoms with van der Waals surface area (Å²) in [7, 11) is -3.71. The van der Waals surface area contributed by atoms with Crippen LogP contribution in [0.1, 0.15) is 11.1 Å². The summed E-state index contributed by atoms with van der Waals surface area (Å²) < 4.78 is 28.4. The molecule has 120 valence electrons. The van der Waals surface area contributed by atoms with Crippen LogP contribution in [0, 0.1) is 6.92 Å². The number of benzene rings is 2. The summed E-state index contributed by atoms with van der Waals surface area (Å²) in [4.78, 5) is 1.89. The van der Waals surface area contributed by atoms with Crippen molar-refractivity contribution in [1.29, 1.82) is 0 Å². The highest BCUT2D eigenvalue weighted by Gasteiger charge is 2.32. The second-order valence-corrected chi connectivity index (χ2v) is 7.20. The van der Waals surface area contributed by atoms with Crippen molar-refractivity contribution < 1.29 is 13.5 Å². The lowest BCUT2D eigenvalue weighted by Crippen LogP contribution is -2.34. The maximum absolute atomic E-state index is 12.2. The first-order chi connectivity index (χ1) is 10.9. The number of anilines is 1. The lowest BCUT2D eigenvalue weighted by molar-refractivity contribution is 0.306. The van der Waals surface area contributed by atoms with Crippen molar-refractivity contribution in [3.05, 3.63) is 58.6 Å². The van der Waals surface area contributed by atoms with E-state index in [2.05, 4.69) is 4.40 Å². The lowest BCUT2D eigenvalue weighted by atomic mass is 10.1. The predicted octanol–water partition coefficient (Wildman–Crippen LogP) is 2.60. The summed E-state index contributed by atoms with van der Waals surface area (Å²) in [6.45, 7) is 1.97. The fourth-order valence-electron chi connectivity index (χ4n) is 2.65. The van der Waals surface area contributed by atoms with Crippen molar-refractivity contribution in [2.24, 2.45) is 4.40 Å². The lowest BCUT2D eigenvalue weighted by Gasteiger charge is -2.25. The van der Waals surface area contributed by atoms with Crippen LogP contribution in [0.4, 0.5) is 5.69 Å². The Morgan fingerprint density at radius 1 is 1.22 bits per heavy atom. The number of aryl methyl sites for hydroxylation is 1. The molecule has 0 spiro atoms. The van der Waals surface area contributed by atoms with E-state index in [0.717, 1.165) is 11.3 Å². The standard InChI is InChI=1S/C16H15ClN2O3S/c1-11-10-12(17)6-7-14(11)19(8-9-20)16-13-4-2-3-5-15(13)23(21,22)18-16/h2-7,10,20H,8-9H2,1H3. The molecule has 7 heteroatoms. The highest BCUT2D eigenvalue weighted by atomic mass is 35.5. The number of halogens is 1. The van der Waals surface area contributed by atoms with Crippen LogP contribution in [0.5, 0.6) is 0 Å². The third kappa shape index (κ3) is 2.85. The number of sulfonamides is 1. The number of aliphatic hydroxyl groups is 1. The highest BCUT2D eigenvalue weighted by Crippen LogP contribution is 2.31. The van der Waals surface area contributed by atoms with Crippen molar-refractivity contribution in [3.63, 3.8) is 0 Å². The third-order valence-corrected chi connectivity index (χ3v) is 5.20. The van der Waals surface area contributed by atoms with Gasteiger partial charge in [0.2, 0.25) is 0 Å². The Morgan fingerprint density at radius 3 is 2.65 bits per heavy atom. The van der Waals surface area contributed by atoms with E-state index in [9.17, 15) is 13.5 Å². The van der Waals surface area contributed by atoms with Gasteiger partial charge in [-0.3, -0.25) is 0 Å². The molecule has 0 fully saturated rings. The first-order valence-corrected chi connectivity index (χ1v) is 8.85. The van der Waals surface area contributed by atoms with Crippen LogP contribution in [-0.2, 0) is 10.0 Å². The number of hydrogen-bond donors (Lipinski definition) is 1. The topological polar surface area (TPSA) is 70.0 Å². The van der Waals surface area contributed by atoms with Crippen LogP contribution in [0.15, 0.2) is 51.8 Å². The van der Waals surface area contributed by atoms with Crippen molar-refractivity contribution in [1.82, 2.24) is 0 Å². The van der Waals surface area contributed by atoms with E-state index in [1.807, 2.05) is 6.92 Å². The number of rotatable bonds is 3. The predicted molar refractivity (Wildman–Crippen MR) is 90.8 cm³/mol. The van der Waals surface area contributed by atoms with Gasteiger partial charge in [0.25, 0.3) is 10.0 Å². The van der Waals surface area contributed by atoms with Gasteiger partial charge in [-0.05, 0) is 42.8 Å². The molecule has 0 amide bonds. The summed E-state index contributed by atoms with van der Waals surface area (Å²) in [5.74, 6) is 0.320. The van der Waals surface area contributed by atoms with Crippen molar-refractivity contribution in [3.8, 4) is 0 Å². The minimum Gasteiger partial charge on any atom is -0.395 e. The Hall–Kier alpha value is -1.89. The van der Waals surface area contributed by atoms with E-state index >= 15 is 0 Å². The van der Waals surface area contributed by atoms with Crippen LogP contribution in [0.25, 0.3) is 0 Å². The van der Waals surface area contributed by atoms with Crippen LogP contribution in [0.2, 0.25) is 5.02 Å². The van der Waals surface area contributed by atoms with Gasteiger partial charge < -0.3 is 10.0 Å². The molecular formula is C16H15ClN2O3S. The molecule has 0 atom stereocenters. The van der Waals surface area contributed by atoms with Gasteiger partial charge in [-0.15, -0.1) is 4.40 Å². The number of fused-ring (bicyclic) bond motifs is 1. The molecule has 23 heavy (non-hydrogen) atoms. The molecule has 0 radical (unpaired) electrons. The van der Waals surface area contributed by atoms with E-state index in [0.29, 0.717) is 16.4 Å². The van der Waals surface area contributed by atoms with E-state index in [-0.39, 0.29) is 18.0 Å². The maximum Gasteiger partial charge on any atom is 0.285 e. The van der Waals surface area contributed by atoms with Crippen LogP contribution >= 0.6 is 11.6 Å². The van der Waals surface area contributed by atoms with Gasteiger partial charge in [0.15, 0.2) is 5.84 Å². The molecule has 3 rings (SSSR count). The molecule has 1 N–H and O–H groups in total. The Kier molecular flexibility index (Phi) is 4.14. The summed E-state index contributed by atoms with van der Waals surface area (Å²) >= 11 is 5.99.